The number of imidazole rings is 1. The van der Waals surface area contributed by atoms with Crippen LogP contribution < -0.4 is 0 Å². The molecule has 2 aromatic rings. The van der Waals surface area contributed by atoms with E-state index >= 15 is 0 Å². The highest BCUT2D eigenvalue weighted by molar-refractivity contribution is 6.17. The first kappa shape index (κ1) is 15.3. The number of aromatic nitrogens is 2. The second-order valence-corrected chi connectivity index (χ2v) is 4.84. The first-order chi connectivity index (χ1) is 10.2. The third kappa shape index (κ3) is 3.34. The number of fused-ring (bicyclic) bond motifs is 1. The lowest BCUT2D eigenvalue weighted by Crippen LogP contribution is -2.11. The minimum Gasteiger partial charge on any atom is -0.466 e. The van der Waals surface area contributed by atoms with Gasteiger partial charge in [-0.05, 0) is 19.1 Å². The van der Waals surface area contributed by atoms with E-state index in [2.05, 4.69) is 11.1 Å². The number of halogens is 1. The maximum atomic E-state index is 11.5. The molecule has 0 bridgehead atoms. The first-order valence-corrected chi connectivity index (χ1v) is 7.34. The number of carbonyl (C=O) groups is 1. The Hall–Kier alpha value is -2.06. The topological polar surface area (TPSA) is 67.9 Å². The summed E-state index contributed by atoms with van der Waals surface area (Å²) in [4.78, 5) is 16.0. The van der Waals surface area contributed by atoms with E-state index in [0.29, 0.717) is 36.5 Å². The molecule has 2 rings (SSSR count). The van der Waals surface area contributed by atoms with Gasteiger partial charge in [0.25, 0.3) is 0 Å². The van der Waals surface area contributed by atoms with E-state index in [1.165, 1.54) is 0 Å². The van der Waals surface area contributed by atoms with Crippen molar-refractivity contribution >= 4 is 28.6 Å². The molecule has 0 fully saturated rings. The Morgan fingerprint density at radius 1 is 1.52 bits per heavy atom. The molecule has 1 heterocycles. The number of hydrogen-bond acceptors (Lipinski definition) is 4. The number of benzene rings is 1. The summed E-state index contributed by atoms with van der Waals surface area (Å²) in [6.45, 7) is 2.62. The molecule has 0 saturated carbocycles. The number of carbonyl (C=O) groups excluding carboxylic acids is 1. The Morgan fingerprint density at radius 3 is 3.00 bits per heavy atom. The van der Waals surface area contributed by atoms with Crippen molar-refractivity contribution < 1.29 is 9.53 Å². The summed E-state index contributed by atoms with van der Waals surface area (Å²) in [5.74, 6) is 0.976. The van der Waals surface area contributed by atoms with E-state index in [1.807, 2.05) is 16.7 Å². The Bertz CT molecular complexity index is 688. The predicted molar refractivity (Wildman–Crippen MR) is 80.1 cm³/mol. The molecule has 0 saturated heterocycles. The summed E-state index contributed by atoms with van der Waals surface area (Å²) in [5, 5.41) is 9.15. The Labute approximate surface area is 128 Å². The van der Waals surface area contributed by atoms with Gasteiger partial charge in [-0.1, -0.05) is 6.07 Å². The largest absolute Gasteiger partial charge is 0.466 e. The van der Waals surface area contributed by atoms with Crippen LogP contribution in [0.4, 0.5) is 0 Å². The van der Waals surface area contributed by atoms with E-state index in [4.69, 9.17) is 21.6 Å². The summed E-state index contributed by atoms with van der Waals surface area (Å²) < 4.78 is 6.89. The number of hydrogen-bond donors (Lipinski definition) is 0. The van der Waals surface area contributed by atoms with Crippen LogP contribution >= 0.6 is 11.6 Å². The van der Waals surface area contributed by atoms with E-state index in [0.717, 1.165) is 11.3 Å². The van der Waals surface area contributed by atoms with Crippen LogP contribution in [-0.2, 0) is 22.5 Å². The van der Waals surface area contributed by atoms with Gasteiger partial charge in [0.05, 0.1) is 24.1 Å². The highest BCUT2D eigenvalue weighted by atomic mass is 35.5. The van der Waals surface area contributed by atoms with Gasteiger partial charge in [-0.25, -0.2) is 4.98 Å². The predicted octanol–water partition coefficient (Wildman–Crippen LogP) is 2.64. The molecule has 0 spiro atoms. The smallest absolute Gasteiger partial charge is 0.307 e. The maximum Gasteiger partial charge on any atom is 0.307 e. The van der Waals surface area contributed by atoms with Crippen molar-refractivity contribution in [1.29, 1.82) is 5.26 Å². The van der Waals surface area contributed by atoms with Crippen molar-refractivity contribution in [3.8, 4) is 6.07 Å². The van der Waals surface area contributed by atoms with Crippen LogP contribution in [-0.4, -0.2) is 28.0 Å². The molecule has 0 aliphatic carbocycles. The van der Waals surface area contributed by atoms with Crippen molar-refractivity contribution in [3.63, 3.8) is 0 Å². The van der Waals surface area contributed by atoms with Gasteiger partial charge in [-0.3, -0.25) is 4.79 Å². The van der Waals surface area contributed by atoms with Gasteiger partial charge in [-0.2, -0.15) is 5.26 Å². The Balaban J connectivity index is 2.37. The first-order valence-electron chi connectivity index (χ1n) is 6.81. The van der Waals surface area contributed by atoms with Crippen LogP contribution in [0.15, 0.2) is 18.2 Å². The quantitative estimate of drug-likeness (QED) is 0.608. The van der Waals surface area contributed by atoms with Crippen molar-refractivity contribution in [3.05, 3.63) is 29.6 Å². The van der Waals surface area contributed by atoms with Crippen molar-refractivity contribution in [2.75, 3.05) is 12.5 Å². The normalized spacial score (nSPS) is 10.5. The molecular weight excluding hydrogens is 290 g/mol. The average molecular weight is 306 g/mol. The SMILES string of the molecule is CCOC(=O)CCn1c(CCCl)nc2c(C#N)cccc21. The molecule has 0 amide bonds. The Kier molecular flexibility index (Phi) is 5.18. The molecule has 0 radical (unpaired) electrons. The molecule has 0 atom stereocenters. The summed E-state index contributed by atoms with van der Waals surface area (Å²) in [5.41, 5.74) is 2.03. The van der Waals surface area contributed by atoms with Crippen molar-refractivity contribution in [2.45, 2.75) is 26.3 Å². The second-order valence-electron chi connectivity index (χ2n) is 4.46. The molecule has 0 N–H and O–H groups in total. The zero-order valence-corrected chi connectivity index (χ0v) is 12.6. The summed E-state index contributed by atoms with van der Waals surface area (Å²) in [6, 6.07) is 7.58. The van der Waals surface area contributed by atoms with E-state index in [-0.39, 0.29) is 12.4 Å². The molecule has 1 aromatic carbocycles. The molecule has 1 aromatic heterocycles. The zero-order chi connectivity index (χ0) is 15.2. The molecule has 110 valence electrons. The minimum absolute atomic E-state index is 0.243. The monoisotopic (exact) mass is 305 g/mol. The van der Waals surface area contributed by atoms with E-state index < -0.39 is 0 Å². The zero-order valence-electron chi connectivity index (χ0n) is 11.8. The molecule has 0 aliphatic rings. The number of aryl methyl sites for hydroxylation is 2. The summed E-state index contributed by atoms with van der Waals surface area (Å²) in [7, 11) is 0. The number of esters is 1. The third-order valence-corrected chi connectivity index (χ3v) is 3.33. The van der Waals surface area contributed by atoms with E-state index in [9.17, 15) is 4.79 Å². The highest BCUT2D eigenvalue weighted by Crippen LogP contribution is 2.21. The van der Waals surface area contributed by atoms with E-state index in [1.54, 1.807) is 13.0 Å². The van der Waals surface area contributed by atoms with Gasteiger partial charge in [0.15, 0.2) is 0 Å². The van der Waals surface area contributed by atoms with Gasteiger partial charge in [0.2, 0.25) is 0 Å². The number of para-hydroxylation sites is 1. The number of nitriles is 1. The minimum atomic E-state index is -0.243. The molecule has 5 nitrogen and oxygen atoms in total. The van der Waals surface area contributed by atoms with Crippen LogP contribution in [0.3, 0.4) is 0 Å². The lowest BCUT2D eigenvalue weighted by Gasteiger charge is -2.08. The fourth-order valence-electron chi connectivity index (χ4n) is 2.25. The number of alkyl halides is 1. The molecule has 0 unspecified atom stereocenters. The number of ether oxygens (including phenoxy) is 1. The fraction of sp³-hybridized carbons (Fsp3) is 0.400. The number of rotatable bonds is 6. The van der Waals surface area contributed by atoms with Gasteiger partial charge < -0.3 is 9.30 Å². The summed E-state index contributed by atoms with van der Waals surface area (Å²) in [6.07, 6.45) is 0.856. The molecule has 21 heavy (non-hydrogen) atoms. The third-order valence-electron chi connectivity index (χ3n) is 3.14. The molecule has 0 aliphatic heterocycles. The van der Waals surface area contributed by atoms with Crippen LogP contribution in [0.5, 0.6) is 0 Å². The lowest BCUT2D eigenvalue weighted by atomic mass is 10.2. The van der Waals surface area contributed by atoms with Gasteiger partial charge in [0.1, 0.15) is 17.4 Å². The van der Waals surface area contributed by atoms with Gasteiger partial charge in [-0.15, -0.1) is 11.6 Å². The van der Waals surface area contributed by atoms with Crippen LogP contribution in [0.2, 0.25) is 0 Å². The van der Waals surface area contributed by atoms with Crippen molar-refractivity contribution in [2.24, 2.45) is 0 Å². The summed E-state index contributed by atoms with van der Waals surface area (Å²) >= 11 is 5.81. The van der Waals surface area contributed by atoms with Crippen LogP contribution in [0.1, 0.15) is 24.7 Å². The molecular formula is C15H16ClN3O2. The highest BCUT2D eigenvalue weighted by Gasteiger charge is 2.14. The fourth-order valence-corrected chi connectivity index (χ4v) is 2.42. The van der Waals surface area contributed by atoms with Gasteiger partial charge >= 0.3 is 5.97 Å². The van der Waals surface area contributed by atoms with Crippen molar-refractivity contribution in [1.82, 2.24) is 9.55 Å². The molecule has 6 heteroatoms. The van der Waals surface area contributed by atoms with Gasteiger partial charge in [0, 0.05) is 18.8 Å². The average Bonchev–Trinajstić information content (AvgIpc) is 2.83. The standard InChI is InChI=1S/C15H16ClN3O2/c1-2-21-14(20)7-9-19-12-5-3-4-11(10-17)15(12)18-13(19)6-8-16/h3-5H,2,6-9H2,1H3. The van der Waals surface area contributed by atoms with Crippen LogP contribution in [0.25, 0.3) is 11.0 Å². The number of nitrogens with zero attached hydrogens (tertiary/aromatic N) is 3. The lowest BCUT2D eigenvalue weighted by molar-refractivity contribution is -0.143. The Morgan fingerprint density at radius 2 is 2.33 bits per heavy atom. The second kappa shape index (κ2) is 7.09. The van der Waals surface area contributed by atoms with Crippen LogP contribution in [0, 0.1) is 11.3 Å². The maximum absolute atomic E-state index is 11.5.